The first-order valence-corrected chi connectivity index (χ1v) is 8.60. The molecule has 1 atom stereocenters. The van der Waals surface area contributed by atoms with Crippen molar-refractivity contribution >= 4 is 0 Å². The molecule has 1 aromatic carbocycles. The monoisotopic (exact) mass is 285 g/mol. The van der Waals surface area contributed by atoms with Crippen LogP contribution in [0.2, 0.25) is 0 Å². The molecule has 0 aromatic heterocycles. The lowest BCUT2D eigenvalue weighted by Gasteiger charge is -2.56. The maximum atomic E-state index is 5.63. The molecule has 0 radical (unpaired) electrons. The third kappa shape index (κ3) is 2.19. The van der Waals surface area contributed by atoms with E-state index in [-0.39, 0.29) is 0 Å². The highest BCUT2D eigenvalue weighted by atomic mass is 16.5. The Balaban J connectivity index is 1.67. The van der Waals surface area contributed by atoms with Crippen molar-refractivity contribution in [2.75, 3.05) is 14.2 Å². The van der Waals surface area contributed by atoms with Crippen LogP contribution in [0.15, 0.2) is 24.3 Å². The van der Waals surface area contributed by atoms with E-state index in [0.717, 1.165) is 35.3 Å². The number of hydrogen-bond acceptors (Lipinski definition) is 2. The van der Waals surface area contributed by atoms with Crippen molar-refractivity contribution in [3.8, 4) is 5.75 Å². The van der Waals surface area contributed by atoms with Crippen molar-refractivity contribution in [1.82, 2.24) is 5.32 Å². The van der Waals surface area contributed by atoms with Crippen molar-refractivity contribution in [2.45, 2.75) is 38.1 Å². The van der Waals surface area contributed by atoms with E-state index in [0.29, 0.717) is 6.04 Å². The molecule has 0 saturated heterocycles. The summed E-state index contributed by atoms with van der Waals surface area (Å²) >= 11 is 0. The summed E-state index contributed by atoms with van der Waals surface area (Å²) < 4.78 is 5.63. The van der Waals surface area contributed by atoms with E-state index in [1.807, 2.05) is 0 Å². The molecule has 1 aromatic rings. The molecule has 2 nitrogen and oxygen atoms in total. The Hall–Kier alpha value is -1.02. The lowest BCUT2D eigenvalue weighted by atomic mass is 9.50. The highest BCUT2D eigenvalue weighted by molar-refractivity contribution is 5.36. The van der Waals surface area contributed by atoms with Gasteiger partial charge in [0, 0.05) is 11.6 Å². The van der Waals surface area contributed by atoms with Crippen LogP contribution in [0.4, 0.5) is 0 Å². The second kappa shape index (κ2) is 5.31. The summed E-state index contributed by atoms with van der Waals surface area (Å²) in [5.74, 6) is 5.80. The molecule has 4 fully saturated rings. The maximum Gasteiger partial charge on any atom is 0.123 e. The molecule has 0 spiro atoms. The lowest BCUT2D eigenvalue weighted by molar-refractivity contribution is -0.0517. The van der Waals surface area contributed by atoms with Crippen LogP contribution >= 0.6 is 0 Å². The SMILES string of the molecule is CNC(c1ccccc1OC)C1C2CC3CC(C2)CC1C3. The number of hydrogen-bond donors (Lipinski definition) is 1. The van der Waals surface area contributed by atoms with Gasteiger partial charge in [0.15, 0.2) is 0 Å². The van der Waals surface area contributed by atoms with Crippen molar-refractivity contribution in [3.05, 3.63) is 29.8 Å². The van der Waals surface area contributed by atoms with Crippen molar-refractivity contribution in [1.29, 1.82) is 0 Å². The fourth-order valence-corrected chi connectivity index (χ4v) is 5.99. The third-order valence-electron chi connectivity index (χ3n) is 6.47. The second-order valence-corrected chi connectivity index (χ2v) is 7.52. The minimum absolute atomic E-state index is 0.455. The predicted octanol–water partition coefficient (Wildman–Crippen LogP) is 4.03. The van der Waals surface area contributed by atoms with Gasteiger partial charge in [-0.05, 0) is 74.8 Å². The van der Waals surface area contributed by atoms with Crippen molar-refractivity contribution < 1.29 is 4.74 Å². The second-order valence-electron chi connectivity index (χ2n) is 7.52. The van der Waals surface area contributed by atoms with Crippen LogP contribution in [0, 0.1) is 29.6 Å². The van der Waals surface area contributed by atoms with Crippen LogP contribution in [0.5, 0.6) is 5.75 Å². The van der Waals surface area contributed by atoms with Gasteiger partial charge in [0.2, 0.25) is 0 Å². The van der Waals surface area contributed by atoms with E-state index < -0.39 is 0 Å². The van der Waals surface area contributed by atoms with Crippen LogP contribution in [-0.2, 0) is 0 Å². The number of benzene rings is 1. The molecule has 0 aliphatic heterocycles. The largest absolute Gasteiger partial charge is 0.496 e. The quantitative estimate of drug-likeness (QED) is 0.902. The highest BCUT2D eigenvalue weighted by Gasteiger charge is 2.50. The summed E-state index contributed by atoms with van der Waals surface area (Å²) in [6.45, 7) is 0. The zero-order valence-electron chi connectivity index (χ0n) is 13.2. The van der Waals surface area contributed by atoms with E-state index in [4.69, 9.17) is 4.74 Å². The minimum Gasteiger partial charge on any atom is -0.496 e. The first-order valence-electron chi connectivity index (χ1n) is 8.60. The fourth-order valence-electron chi connectivity index (χ4n) is 5.99. The molecule has 2 heteroatoms. The number of nitrogens with one attached hydrogen (secondary N) is 1. The highest BCUT2D eigenvalue weighted by Crippen LogP contribution is 2.59. The van der Waals surface area contributed by atoms with Crippen molar-refractivity contribution in [3.63, 3.8) is 0 Å². The van der Waals surface area contributed by atoms with Crippen LogP contribution in [-0.4, -0.2) is 14.2 Å². The molecule has 114 valence electrons. The molecule has 1 N–H and O–H groups in total. The van der Waals surface area contributed by atoms with Gasteiger partial charge in [0.25, 0.3) is 0 Å². The van der Waals surface area contributed by atoms with Gasteiger partial charge in [0.05, 0.1) is 7.11 Å². The molecule has 4 bridgehead atoms. The molecule has 21 heavy (non-hydrogen) atoms. The summed E-state index contributed by atoms with van der Waals surface area (Å²) in [6.07, 6.45) is 7.44. The topological polar surface area (TPSA) is 21.3 Å². The van der Waals surface area contributed by atoms with Gasteiger partial charge in [-0.25, -0.2) is 0 Å². The van der Waals surface area contributed by atoms with Crippen LogP contribution in [0.25, 0.3) is 0 Å². The Labute approximate surface area is 128 Å². The Morgan fingerprint density at radius 2 is 1.62 bits per heavy atom. The van der Waals surface area contributed by atoms with Crippen LogP contribution in [0.1, 0.15) is 43.7 Å². The van der Waals surface area contributed by atoms with E-state index in [9.17, 15) is 0 Å². The van der Waals surface area contributed by atoms with Crippen LogP contribution < -0.4 is 10.1 Å². The van der Waals surface area contributed by atoms with Gasteiger partial charge in [-0.3, -0.25) is 0 Å². The Bertz CT molecular complexity index is 484. The van der Waals surface area contributed by atoms with E-state index in [1.165, 1.54) is 37.7 Å². The third-order valence-corrected chi connectivity index (χ3v) is 6.47. The number of methoxy groups -OCH3 is 1. The Kier molecular flexibility index (Phi) is 3.45. The van der Waals surface area contributed by atoms with Gasteiger partial charge < -0.3 is 10.1 Å². The van der Waals surface area contributed by atoms with Gasteiger partial charge in [-0.1, -0.05) is 18.2 Å². The standard InChI is InChI=1S/C19H27NO/c1-20-19(16-5-3-4-6-17(16)21-2)18-14-8-12-7-13(10-14)11-15(18)9-12/h3-6,12-15,18-20H,7-11H2,1-2H3. The summed E-state index contributed by atoms with van der Waals surface area (Å²) in [7, 11) is 3.92. The van der Waals surface area contributed by atoms with Gasteiger partial charge >= 0.3 is 0 Å². The maximum absolute atomic E-state index is 5.63. The molecule has 4 aliphatic rings. The Morgan fingerprint density at radius 1 is 1.00 bits per heavy atom. The predicted molar refractivity (Wildman–Crippen MR) is 85.3 cm³/mol. The molecule has 4 saturated carbocycles. The summed E-state index contributed by atoms with van der Waals surface area (Å²) in [6, 6.07) is 9.04. The van der Waals surface area contributed by atoms with Gasteiger partial charge in [-0.15, -0.1) is 0 Å². The normalized spacial score (nSPS) is 38.5. The molecule has 4 aliphatic carbocycles. The minimum atomic E-state index is 0.455. The molecule has 0 heterocycles. The fraction of sp³-hybridized carbons (Fsp3) is 0.684. The summed E-state index contributed by atoms with van der Waals surface area (Å²) in [5, 5.41) is 3.64. The molecular formula is C19H27NO. The average molecular weight is 285 g/mol. The average Bonchev–Trinajstić information content (AvgIpc) is 2.50. The van der Waals surface area contributed by atoms with Gasteiger partial charge in [-0.2, -0.15) is 0 Å². The summed E-state index contributed by atoms with van der Waals surface area (Å²) in [4.78, 5) is 0. The molecule has 1 unspecified atom stereocenters. The number of rotatable bonds is 4. The zero-order chi connectivity index (χ0) is 14.4. The van der Waals surface area contributed by atoms with Crippen LogP contribution in [0.3, 0.4) is 0 Å². The van der Waals surface area contributed by atoms with E-state index >= 15 is 0 Å². The number of ether oxygens (including phenoxy) is 1. The molecular weight excluding hydrogens is 258 g/mol. The van der Waals surface area contributed by atoms with E-state index in [1.54, 1.807) is 7.11 Å². The van der Waals surface area contributed by atoms with E-state index in [2.05, 4.69) is 36.6 Å². The number of para-hydroxylation sites is 1. The van der Waals surface area contributed by atoms with Crippen molar-refractivity contribution in [2.24, 2.45) is 29.6 Å². The lowest BCUT2D eigenvalue weighted by Crippen LogP contribution is -2.49. The smallest absolute Gasteiger partial charge is 0.123 e. The first-order chi connectivity index (χ1) is 10.3. The summed E-state index contributed by atoms with van der Waals surface area (Å²) in [5.41, 5.74) is 1.36. The molecule has 5 rings (SSSR count). The zero-order valence-corrected chi connectivity index (χ0v) is 13.2. The van der Waals surface area contributed by atoms with Gasteiger partial charge in [0.1, 0.15) is 5.75 Å². The Morgan fingerprint density at radius 3 is 2.19 bits per heavy atom. The first kappa shape index (κ1) is 13.6. The molecule has 0 amide bonds.